The highest BCUT2D eigenvalue weighted by molar-refractivity contribution is 5.85. The Balaban J connectivity index is 2.34. The minimum absolute atomic E-state index is 0.0230. The molecule has 1 aromatic carbocycles. The van der Waals surface area contributed by atoms with Crippen molar-refractivity contribution < 1.29 is 14.6 Å². The molecule has 1 heterocycles. The van der Waals surface area contributed by atoms with Gasteiger partial charge >= 0.3 is 5.97 Å². The van der Waals surface area contributed by atoms with E-state index in [1.165, 1.54) is 12.5 Å². The van der Waals surface area contributed by atoms with Crippen LogP contribution in [-0.4, -0.2) is 26.7 Å². The van der Waals surface area contributed by atoms with Crippen LogP contribution in [0.15, 0.2) is 30.7 Å². The molecule has 0 amide bonds. The Morgan fingerprint density at radius 2 is 2.33 bits per heavy atom. The Hall–Kier alpha value is -2.81. The number of carboxylic acid groups (broad SMARTS) is 1. The molecule has 0 fully saturated rings. The number of nitrogens with zero attached hydrogens (tertiary/aromatic N) is 3. The summed E-state index contributed by atoms with van der Waals surface area (Å²) in [6.07, 6.45) is 3.66. The third-order valence-corrected chi connectivity index (χ3v) is 3.09. The number of rotatable bonds is 5. The molecule has 21 heavy (non-hydrogen) atoms. The maximum atomic E-state index is 10.8. The van der Waals surface area contributed by atoms with Crippen molar-refractivity contribution in [2.24, 2.45) is 0 Å². The van der Waals surface area contributed by atoms with Crippen LogP contribution in [0.1, 0.15) is 36.3 Å². The number of ether oxygens (including phenoxy) is 1. The number of aromatic nitrogens is 2. The smallest absolute Gasteiger partial charge is 0.356 e. The van der Waals surface area contributed by atoms with Crippen LogP contribution in [0.5, 0.6) is 5.75 Å². The average Bonchev–Trinajstić information content (AvgIpc) is 2.97. The van der Waals surface area contributed by atoms with Gasteiger partial charge in [-0.3, -0.25) is 0 Å². The van der Waals surface area contributed by atoms with Crippen LogP contribution in [-0.2, 0) is 0 Å². The number of carboxylic acids is 1. The van der Waals surface area contributed by atoms with E-state index in [0.29, 0.717) is 17.0 Å². The van der Waals surface area contributed by atoms with Gasteiger partial charge in [0.05, 0.1) is 11.7 Å². The molecule has 1 unspecified atom stereocenters. The van der Waals surface area contributed by atoms with Gasteiger partial charge in [-0.15, -0.1) is 0 Å². The first-order valence-corrected chi connectivity index (χ1v) is 6.53. The largest absolute Gasteiger partial charge is 0.489 e. The zero-order chi connectivity index (χ0) is 15.4. The fraction of sp³-hybridized carbons (Fsp3) is 0.267. The summed E-state index contributed by atoms with van der Waals surface area (Å²) in [5.74, 6) is -0.569. The first kappa shape index (κ1) is 14.6. The summed E-state index contributed by atoms with van der Waals surface area (Å²) >= 11 is 0. The van der Waals surface area contributed by atoms with Gasteiger partial charge in [0, 0.05) is 11.9 Å². The van der Waals surface area contributed by atoms with E-state index in [2.05, 4.69) is 11.1 Å². The second-order valence-electron chi connectivity index (χ2n) is 4.60. The Bertz CT molecular complexity index is 700. The molecule has 0 saturated carbocycles. The minimum Gasteiger partial charge on any atom is -0.489 e. The normalized spacial score (nSPS) is 11.7. The van der Waals surface area contributed by atoms with E-state index in [1.54, 1.807) is 22.8 Å². The number of hydrogen-bond donors (Lipinski definition) is 1. The molecule has 1 atom stereocenters. The van der Waals surface area contributed by atoms with E-state index in [4.69, 9.17) is 9.84 Å². The molecule has 0 aliphatic rings. The van der Waals surface area contributed by atoms with Crippen LogP contribution >= 0.6 is 0 Å². The number of aromatic carboxylic acids is 1. The highest BCUT2D eigenvalue weighted by Gasteiger charge is 2.11. The lowest BCUT2D eigenvalue weighted by molar-refractivity contribution is 0.0691. The van der Waals surface area contributed by atoms with Gasteiger partial charge in [0.1, 0.15) is 18.1 Å². The predicted molar refractivity (Wildman–Crippen MR) is 75.6 cm³/mol. The van der Waals surface area contributed by atoms with Crippen molar-refractivity contribution in [3.05, 3.63) is 42.0 Å². The maximum Gasteiger partial charge on any atom is 0.356 e. The summed E-state index contributed by atoms with van der Waals surface area (Å²) in [5, 5.41) is 18.1. The Kier molecular flexibility index (Phi) is 4.24. The minimum atomic E-state index is -1.09. The third kappa shape index (κ3) is 3.20. The van der Waals surface area contributed by atoms with Crippen molar-refractivity contribution in [3.8, 4) is 17.5 Å². The van der Waals surface area contributed by atoms with Crippen LogP contribution in [0.2, 0.25) is 0 Å². The molecular formula is C15H15N3O3. The van der Waals surface area contributed by atoms with E-state index < -0.39 is 5.97 Å². The summed E-state index contributed by atoms with van der Waals surface area (Å²) in [6, 6.07) is 7.20. The molecule has 1 aromatic heterocycles. The second kappa shape index (κ2) is 6.09. The van der Waals surface area contributed by atoms with Crippen molar-refractivity contribution in [1.29, 1.82) is 5.26 Å². The SMILES string of the molecule is CCC(C)Oc1ccc(-n2cnc(C(=O)O)c2)cc1C#N. The number of imidazole rings is 1. The highest BCUT2D eigenvalue weighted by atomic mass is 16.5. The zero-order valence-electron chi connectivity index (χ0n) is 11.8. The predicted octanol–water partition coefficient (Wildman–Crippen LogP) is 2.62. The number of hydrogen-bond acceptors (Lipinski definition) is 4. The maximum absolute atomic E-state index is 10.8. The zero-order valence-corrected chi connectivity index (χ0v) is 11.8. The van der Waals surface area contributed by atoms with Gasteiger partial charge < -0.3 is 14.4 Å². The summed E-state index contributed by atoms with van der Waals surface area (Å²) in [7, 11) is 0. The summed E-state index contributed by atoms with van der Waals surface area (Å²) in [6.45, 7) is 3.94. The summed E-state index contributed by atoms with van der Waals surface area (Å²) < 4.78 is 7.23. The van der Waals surface area contributed by atoms with E-state index >= 15 is 0 Å². The summed E-state index contributed by atoms with van der Waals surface area (Å²) in [5.41, 5.74) is 1.01. The van der Waals surface area contributed by atoms with Gasteiger partial charge in [-0.1, -0.05) is 6.92 Å². The molecule has 6 heteroatoms. The average molecular weight is 285 g/mol. The van der Waals surface area contributed by atoms with Crippen molar-refractivity contribution in [1.82, 2.24) is 9.55 Å². The molecule has 2 aromatic rings. The van der Waals surface area contributed by atoms with Crippen LogP contribution in [0.3, 0.4) is 0 Å². The van der Waals surface area contributed by atoms with Gasteiger partial charge in [-0.25, -0.2) is 9.78 Å². The van der Waals surface area contributed by atoms with Crippen LogP contribution in [0.4, 0.5) is 0 Å². The number of carbonyl (C=O) groups is 1. The van der Waals surface area contributed by atoms with Crippen LogP contribution in [0.25, 0.3) is 5.69 Å². The fourth-order valence-electron chi connectivity index (χ4n) is 1.74. The van der Waals surface area contributed by atoms with Crippen LogP contribution in [0, 0.1) is 11.3 Å². The van der Waals surface area contributed by atoms with E-state index in [9.17, 15) is 10.1 Å². The molecule has 0 aliphatic heterocycles. The molecule has 2 rings (SSSR count). The molecule has 108 valence electrons. The second-order valence-corrected chi connectivity index (χ2v) is 4.60. The van der Waals surface area contributed by atoms with Crippen molar-refractivity contribution in [2.45, 2.75) is 26.4 Å². The number of nitriles is 1. The first-order valence-electron chi connectivity index (χ1n) is 6.53. The lowest BCUT2D eigenvalue weighted by atomic mass is 10.2. The van der Waals surface area contributed by atoms with Gasteiger partial charge in [-0.05, 0) is 31.5 Å². The summed E-state index contributed by atoms with van der Waals surface area (Å²) in [4.78, 5) is 14.6. The van der Waals surface area contributed by atoms with E-state index in [0.717, 1.165) is 6.42 Å². The molecule has 6 nitrogen and oxygen atoms in total. The molecular weight excluding hydrogens is 270 g/mol. The van der Waals surface area contributed by atoms with Gasteiger partial charge in [0.15, 0.2) is 5.69 Å². The van der Waals surface area contributed by atoms with E-state index in [1.807, 2.05) is 13.8 Å². The van der Waals surface area contributed by atoms with Crippen molar-refractivity contribution >= 4 is 5.97 Å². The molecule has 0 spiro atoms. The van der Waals surface area contributed by atoms with Crippen molar-refractivity contribution in [3.63, 3.8) is 0 Å². The van der Waals surface area contributed by atoms with Gasteiger partial charge in [0.2, 0.25) is 0 Å². The fourth-order valence-corrected chi connectivity index (χ4v) is 1.74. The number of benzene rings is 1. The topological polar surface area (TPSA) is 88.1 Å². The van der Waals surface area contributed by atoms with Crippen molar-refractivity contribution in [2.75, 3.05) is 0 Å². The quantitative estimate of drug-likeness (QED) is 0.912. The Labute approximate surface area is 122 Å². The molecule has 0 bridgehead atoms. The Morgan fingerprint density at radius 3 is 2.90 bits per heavy atom. The van der Waals surface area contributed by atoms with E-state index in [-0.39, 0.29) is 11.8 Å². The Morgan fingerprint density at radius 1 is 1.57 bits per heavy atom. The lowest BCUT2D eigenvalue weighted by Crippen LogP contribution is -2.10. The molecule has 0 aliphatic carbocycles. The van der Waals surface area contributed by atoms with Crippen LogP contribution < -0.4 is 4.74 Å². The standard InChI is InChI=1S/C15H15N3O3/c1-3-10(2)21-14-5-4-12(6-11(14)7-16)18-8-13(15(19)20)17-9-18/h4-6,8-10H,3H2,1-2H3,(H,19,20). The molecule has 0 saturated heterocycles. The van der Waals surface area contributed by atoms with Gasteiger partial charge in [-0.2, -0.15) is 5.26 Å². The van der Waals surface area contributed by atoms with Gasteiger partial charge in [0.25, 0.3) is 0 Å². The lowest BCUT2D eigenvalue weighted by Gasteiger charge is -2.14. The first-order chi connectivity index (χ1) is 10.0. The highest BCUT2D eigenvalue weighted by Crippen LogP contribution is 2.23. The monoisotopic (exact) mass is 285 g/mol. The molecule has 0 radical (unpaired) electrons. The third-order valence-electron chi connectivity index (χ3n) is 3.09. The molecule has 1 N–H and O–H groups in total.